The Morgan fingerprint density at radius 1 is 0.796 bits per heavy atom. The van der Waals surface area contributed by atoms with Crippen LogP contribution in [0.4, 0.5) is 5.95 Å². The molecule has 2 saturated heterocycles. The van der Waals surface area contributed by atoms with Gasteiger partial charge in [0.2, 0.25) is 11.7 Å². The number of carbonyl (C=O) groups is 1. The van der Waals surface area contributed by atoms with E-state index in [4.69, 9.17) is 47.1 Å². The van der Waals surface area contributed by atoms with Gasteiger partial charge in [-0.15, -0.1) is 0 Å². The van der Waals surface area contributed by atoms with Crippen molar-refractivity contribution < 1.29 is 23.7 Å². The molecule has 1 aromatic heterocycles. The third-order valence-electron chi connectivity index (χ3n) is 10.8. The first kappa shape index (κ1) is 37.7. The van der Waals surface area contributed by atoms with Crippen molar-refractivity contribution in [3.8, 4) is 23.0 Å². The first-order valence-corrected chi connectivity index (χ1v) is 19.2. The van der Waals surface area contributed by atoms with Crippen molar-refractivity contribution in [3.63, 3.8) is 0 Å². The fourth-order valence-corrected chi connectivity index (χ4v) is 8.20. The van der Waals surface area contributed by atoms with Crippen LogP contribution in [0.5, 0.6) is 23.0 Å². The number of likely N-dealkylation sites (tertiary alicyclic amines) is 1. The van der Waals surface area contributed by atoms with Gasteiger partial charge >= 0.3 is 0 Å². The number of hydrogen-bond acceptors (Lipinski definition) is 8. The SMILES string of the molecule is COc1cc(C(=O)N2CCC(CCN3CCCN(c4nc5ccccc5n4CCOc4ccccc4)CC3)(c3ccc(Cl)c(Cl)c3)C2)cc(OC)c1OC. The van der Waals surface area contributed by atoms with E-state index in [1.165, 1.54) is 0 Å². The van der Waals surface area contributed by atoms with Crippen LogP contribution in [-0.2, 0) is 12.0 Å². The fourth-order valence-electron chi connectivity index (χ4n) is 7.91. The molecule has 12 heteroatoms. The van der Waals surface area contributed by atoms with Crippen molar-refractivity contribution in [2.24, 2.45) is 0 Å². The molecule has 54 heavy (non-hydrogen) atoms. The molecule has 1 unspecified atom stereocenters. The van der Waals surface area contributed by atoms with Crippen molar-refractivity contribution in [2.45, 2.75) is 31.2 Å². The van der Waals surface area contributed by atoms with Gasteiger partial charge in [0.1, 0.15) is 12.4 Å². The smallest absolute Gasteiger partial charge is 0.254 e. The van der Waals surface area contributed by atoms with Crippen LogP contribution in [0.25, 0.3) is 11.0 Å². The normalized spacial score (nSPS) is 17.8. The summed E-state index contributed by atoms with van der Waals surface area (Å²) in [5.74, 6) is 3.11. The van der Waals surface area contributed by atoms with Gasteiger partial charge in [-0.1, -0.05) is 59.6 Å². The maximum Gasteiger partial charge on any atom is 0.254 e. The maximum absolute atomic E-state index is 14.1. The molecule has 4 aromatic carbocycles. The lowest BCUT2D eigenvalue weighted by Crippen LogP contribution is -2.39. The number of methoxy groups -OCH3 is 3. The number of para-hydroxylation sites is 3. The zero-order valence-corrected chi connectivity index (χ0v) is 32.6. The van der Waals surface area contributed by atoms with Gasteiger partial charge in [-0.25, -0.2) is 4.98 Å². The van der Waals surface area contributed by atoms with Crippen LogP contribution in [0.1, 0.15) is 35.2 Å². The van der Waals surface area contributed by atoms with E-state index in [1.807, 2.05) is 53.4 Å². The number of ether oxygens (including phenoxy) is 4. The summed E-state index contributed by atoms with van der Waals surface area (Å²) in [4.78, 5) is 26.1. The summed E-state index contributed by atoms with van der Waals surface area (Å²) < 4.78 is 25.0. The largest absolute Gasteiger partial charge is 0.493 e. The minimum Gasteiger partial charge on any atom is -0.493 e. The highest BCUT2D eigenvalue weighted by atomic mass is 35.5. The highest BCUT2D eigenvalue weighted by Crippen LogP contribution is 2.43. The second-order valence-corrected chi connectivity index (χ2v) is 14.8. The van der Waals surface area contributed by atoms with E-state index in [0.29, 0.717) is 59.1 Å². The second-order valence-electron chi connectivity index (χ2n) is 13.9. The Labute approximate surface area is 327 Å². The molecule has 3 heterocycles. The number of amides is 1. The van der Waals surface area contributed by atoms with Gasteiger partial charge in [0.05, 0.1) is 49.0 Å². The number of halogens is 2. The summed E-state index contributed by atoms with van der Waals surface area (Å²) in [7, 11) is 4.66. The van der Waals surface area contributed by atoms with Gasteiger partial charge in [-0.05, 0) is 86.4 Å². The Kier molecular flexibility index (Phi) is 11.7. The van der Waals surface area contributed by atoms with E-state index < -0.39 is 0 Å². The predicted octanol–water partition coefficient (Wildman–Crippen LogP) is 7.83. The Hall–Kier alpha value is -4.64. The van der Waals surface area contributed by atoms with Gasteiger partial charge in [0.15, 0.2) is 11.5 Å². The first-order valence-electron chi connectivity index (χ1n) is 18.5. The summed E-state index contributed by atoms with van der Waals surface area (Å²) >= 11 is 13.0. The molecule has 5 aromatic rings. The summed E-state index contributed by atoms with van der Waals surface area (Å²) in [6, 6.07) is 27.6. The Morgan fingerprint density at radius 2 is 1.56 bits per heavy atom. The molecule has 0 N–H and O–H groups in total. The van der Waals surface area contributed by atoms with Crippen LogP contribution in [0.15, 0.2) is 84.9 Å². The molecular formula is C42H47Cl2N5O5. The fraction of sp³-hybridized carbons (Fsp3) is 0.381. The Bertz CT molecular complexity index is 2050. The van der Waals surface area contributed by atoms with Crippen LogP contribution < -0.4 is 23.8 Å². The summed E-state index contributed by atoms with van der Waals surface area (Å²) in [5.41, 5.74) is 3.38. The molecule has 1 amide bonds. The number of aromatic nitrogens is 2. The number of anilines is 1. The molecule has 284 valence electrons. The van der Waals surface area contributed by atoms with Gasteiger partial charge in [-0.3, -0.25) is 4.79 Å². The van der Waals surface area contributed by atoms with Crippen molar-refractivity contribution in [1.82, 2.24) is 19.4 Å². The molecule has 0 spiro atoms. The molecule has 1 atom stereocenters. The zero-order valence-electron chi connectivity index (χ0n) is 31.1. The minimum absolute atomic E-state index is 0.0846. The van der Waals surface area contributed by atoms with Crippen LogP contribution in [0, 0.1) is 0 Å². The molecule has 2 aliphatic rings. The molecule has 10 nitrogen and oxygen atoms in total. The third kappa shape index (κ3) is 7.92. The summed E-state index contributed by atoms with van der Waals surface area (Å²) in [6.45, 7) is 6.91. The van der Waals surface area contributed by atoms with E-state index >= 15 is 0 Å². The number of fused-ring (bicyclic) bond motifs is 1. The van der Waals surface area contributed by atoms with E-state index in [-0.39, 0.29) is 11.3 Å². The maximum atomic E-state index is 14.1. The summed E-state index contributed by atoms with van der Waals surface area (Å²) in [5, 5.41) is 1.04. The van der Waals surface area contributed by atoms with Crippen molar-refractivity contribution >= 4 is 46.1 Å². The topological polar surface area (TPSA) is 81.5 Å². The molecule has 0 radical (unpaired) electrons. The molecule has 0 saturated carbocycles. The van der Waals surface area contributed by atoms with Gasteiger partial charge in [-0.2, -0.15) is 0 Å². The van der Waals surface area contributed by atoms with E-state index in [2.05, 4.69) is 38.6 Å². The highest BCUT2D eigenvalue weighted by Gasteiger charge is 2.42. The predicted molar refractivity (Wildman–Crippen MR) is 214 cm³/mol. The zero-order chi connectivity index (χ0) is 37.7. The summed E-state index contributed by atoms with van der Waals surface area (Å²) in [6.07, 6.45) is 2.67. The van der Waals surface area contributed by atoms with Gasteiger partial charge < -0.3 is 38.2 Å². The number of nitrogens with zero attached hydrogens (tertiary/aromatic N) is 5. The lowest BCUT2D eigenvalue weighted by molar-refractivity contribution is 0.0780. The third-order valence-corrected chi connectivity index (χ3v) is 11.6. The van der Waals surface area contributed by atoms with E-state index in [9.17, 15) is 4.79 Å². The monoisotopic (exact) mass is 771 g/mol. The van der Waals surface area contributed by atoms with E-state index in [0.717, 1.165) is 80.3 Å². The number of benzene rings is 4. The minimum atomic E-state index is -0.302. The lowest BCUT2D eigenvalue weighted by atomic mass is 9.76. The van der Waals surface area contributed by atoms with Gasteiger partial charge in [0.25, 0.3) is 5.91 Å². The molecular weight excluding hydrogens is 725 g/mol. The highest BCUT2D eigenvalue weighted by molar-refractivity contribution is 6.42. The van der Waals surface area contributed by atoms with Crippen molar-refractivity contribution in [1.29, 1.82) is 0 Å². The van der Waals surface area contributed by atoms with E-state index in [1.54, 1.807) is 33.5 Å². The molecule has 2 aliphatic heterocycles. The standard InChI is InChI=1S/C42H47Cl2N5O5/c1-51-37-26-30(27-38(52-2)39(37)53-3)40(50)48-21-17-42(29-48,31-14-15-33(43)34(44)28-31)16-20-46-18-9-19-47(23-22-46)41-45-35-12-7-8-13-36(35)49(41)24-25-54-32-10-5-4-6-11-32/h4-8,10-15,26-28H,9,16-25,29H2,1-3H3. The quantitative estimate of drug-likeness (QED) is 0.120. The van der Waals surface area contributed by atoms with Crippen LogP contribution >= 0.6 is 23.2 Å². The molecule has 0 bridgehead atoms. The number of carbonyl (C=O) groups excluding carboxylic acids is 1. The molecule has 7 rings (SSSR count). The lowest BCUT2D eigenvalue weighted by Gasteiger charge is -2.33. The molecule has 0 aliphatic carbocycles. The van der Waals surface area contributed by atoms with Crippen molar-refractivity contribution in [3.05, 3.63) is 106 Å². The average Bonchev–Trinajstić information content (AvgIpc) is 3.72. The Morgan fingerprint density at radius 3 is 2.30 bits per heavy atom. The molecule has 2 fully saturated rings. The van der Waals surface area contributed by atoms with Crippen molar-refractivity contribution in [2.75, 3.05) is 78.6 Å². The number of hydrogen-bond donors (Lipinski definition) is 0. The van der Waals surface area contributed by atoms with Crippen LogP contribution in [-0.4, -0.2) is 99.0 Å². The Balaban J connectivity index is 1.07. The average molecular weight is 773 g/mol. The first-order chi connectivity index (χ1) is 26.3. The van der Waals surface area contributed by atoms with Crippen LogP contribution in [0.3, 0.4) is 0 Å². The van der Waals surface area contributed by atoms with Crippen LogP contribution in [0.2, 0.25) is 10.0 Å². The van der Waals surface area contributed by atoms with Gasteiger partial charge in [0, 0.05) is 43.7 Å². The second kappa shape index (κ2) is 16.8. The number of imidazole rings is 1. The number of rotatable bonds is 13.